The van der Waals surface area contributed by atoms with Gasteiger partial charge in [-0.25, -0.2) is 9.18 Å². The summed E-state index contributed by atoms with van der Waals surface area (Å²) in [4.78, 5) is 34.7. The first-order chi connectivity index (χ1) is 8.04. The lowest BCUT2D eigenvalue weighted by atomic mass is 9.91. The molecule has 2 heterocycles. The quantitative estimate of drug-likeness (QED) is 0.430. The van der Waals surface area contributed by atoms with Gasteiger partial charge in [-0.2, -0.15) is 0 Å². The predicted octanol–water partition coefficient (Wildman–Crippen LogP) is -0.188. The lowest BCUT2D eigenvalue weighted by Gasteiger charge is -2.17. The van der Waals surface area contributed by atoms with Crippen molar-refractivity contribution in [1.29, 1.82) is 0 Å². The molecule has 2 aliphatic rings. The van der Waals surface area contributed by atoms with Gasteiger partial charge in [-0.15, -0.1) is 0 Å². The van der Waals surface area contributed by atoms with Crippen molar-refractivity contribution < 1.29 is 18.8 Å². The second-order valence-electron chi connectivity index (χ2n) is 3.80. The number of rotatable bonds is 0. The fraction of sp³-hybridized carbons (Fsp3) is 0.100. The van der Waals surface area contributed by atoms with Crippen molar-refractivity contribution in [2.45, 2.75) is 5.54 Å². The smallest absolute Gasteiger partial charge is 0.323 e. The van der Waals surface area contributed by atoms with E-state index in [-0.39, 0.29) is 11.3 Å². The minimum atomic E-state index is -1.76. The average Bonchev–Trinajstić information content (AvgIpc) is 2.68. The highest BCUT2D eigenvalue weighted by molar-refractivity contribution is 6.26. The second kappa shape index (κ2) is 2.82. The van der Waals surface area contributed by atoms with Gasteiger partial charge in [0, 0.05) is 5.56 Å². The zero-order valence-corrected chi connectivity index (χ0v) is 8.33. The molecule has 86 valence electrons. The Kier molecular flexibility index (Phi) is 1.62. The topological polar surface area (TPSA) is 87.3 Å². The zero-order valence-electron chi connectivity index (χ0n) is 8.33. The summed E-state index contributed by atoms with van der Waals surface area (Å²) in [5, 5.41) is 6.63. The first-order valence-electron chi connectivity index (χ1n) is 4.79. The number of amides is 4. The van der Waals surface area contributed by atoms with Crippen molar-refractivity contribution in [1.82, 2.24) is 10.6 Å². The van der Waals surface area contributed by atoms with E-state index in [1.807, 2.05) is 5.32 Å². The van der Waals surface area contributed by atoms with Crippen molar-refractivity contribution in [2.75, 3.05) is 5.32 Å². The number of benzene rings is 1. The van der Waals surface area contributed by atoms with Crippen LogP contribution in [-0.2, 0) is 15.1 Å². The maximum absolute atomic E-state index is 13.0. The summed E-state index contributed by atoms with van der Waals surface area (Å²) in [6.07, 6.45) is 0. The molecule has 3 rings (SSSR count). The number of imide groups is 1. The van der Waals surface area contributed by atoms with Gasteiger partial charge in [0.15, 0.2) is 0 Å². The number of hydrogen-bond acceptors (Lipinski definition) is 3. The van der Waals surface area contributed by atoms with Crippen LogP contribution in [0.1, 0.15) is 5.56 Å². The summed E-state index contributed by atoms with van der Waals surface area (Å²) in [7, 11) is 0. The van der Waals surface area contributed by atoms with Crippen LogP contribution in [0.5, 0.6) is 0 Å². The van der Waals surface area contributed by atoms with Crippen molar-refractivity contribution in [2.24, 2.45) is 0 Å². The molecule has 0 radical (unpaired) electrons. The largest absolute Gasteiger partial charge is 0.323 e. The van der Waals surface area contributed by atoms with Gasteiger partial charge in [0.05, 0.1) is 5.69 Å². The molecule has 17 heavy (non-hydrogen) atoms. The molecule has 2 aliphatic heterocycles. The molecule has 7 heteroatoms. The Morgan fingerprint density at radius 1 is 1.06 bits per heavy atom. The van der Waals surface area contributed by atoms with Crippen molar-refractivity contribution in [3.05, 3.63) is 29.6 Å². The Morgan fingerprint density at radius 2 is 1.76 bits per heavy atom. The SMILES string of the molecule is O=C1NC(=O)C2(N1)C(=O)Nc1cc(F)ccc12. The molecule has 3 N–H and O–H groups in total. The van der Waals surface area contributed by atoms with Crippen molar-refractivity contribution >= 4 is 23.5 Å². The van der Waals surface area contributed by atoms with Crippen LogP contribution in [0.15, 0.2) is 18.2 Å². The minimum absolute atomic E-state index is 0.187. The van der Waals surface area contributed by atoms with Crippen LogP contribution < -0.4 is 16.0 Å². The third kappa shape index (κ3) is 1.05. The van der Waals surface area contributed by atoms with E-state index in [1.54, 1.807) is 0 Å². The Bertz CT molecular complexity index is 586. The fourth-order valence-electron chi connectivity index (χ4n) is 2.09. The van der Waals surface area contributed by atoms with E-state index in [2.05, 4.69) is 10.6 Å². The van der Waals surface area contributed by atoms with Gasteiger partial charge in [-0.3, -0.25) is 14.9 Å². The summed E-state index contributed by atoms with van der Waals surface area (Å²) in [6.45, 7) is 0. The molecule has 1 aromatic rings. The van der Waals surface area contributed by atoms with E-state index in [9.17, 15) is 18.8 Å². The molecule has 1 spiro atoms. The summed E-state index contributed by atoms with van der Waals surface area (Å²) in [5.74, 6) is -1.99. The van der Waals surface area contributed by atoms with E-state index < -0.39 is 29.2 Å². The van der Waals surface area contributed by atoms with Gasteiger partial charge in [0.25, 0.3) is 11.8 Å². The van der Waals surface area contributed by atoms with E-state index in [4.69, 9.17) is 0 Å². The Hall–Kier alpha value is -2.44. The highest BCUT2D eigenvalue weighted by Gasteiger charge is 2.58. The maximum atomic E-state index is 13.0. The molecular weight excluding hydrogens is 229 g/mol. The third-order valence-electron chi connectivity index (χ3n) is 2.84. The van der Waals surface area contributed by atoms with Crippen LogP contribution in [0.3, 0.4) is 0 Å². The Labute approximate surface area is 94.2 Å². The average molecular weight is 235 g/mol. The lowest BCUT2D eigenvalue weighted by molar-refractivity contribution is -0.132. The van der Waals surface area contributed by atoms with Crippen LogP contribution in [0.25, 0.3) is 0 Å². The predicted molar refractivity (Wildman–Crippen MR) is 53.4 cm³/mol. The highest BCUT2D eigenvalue weighted by atomic mass is 19.1. The Balaban J connectivity index is 2.24. The molecule has 1 fully saturated rings. The van der Waals surface area contributed by atoms with Crippen LogP contribution >= 0.6 is 0 Å². The first kappa shape index (κ1) is 9.76. The molecule has 0 aromatic heterocycles. The van der Waals surface area contributed by atoms with Crippen LogP contribution in [0.4, 0.5) is 14.9 Å². The monoisotopic (exact) mass is 235 g/mol. The van der Waals surface area contributed by atoms with Gasteiger partial charge < -0.3 is 10.6 Å². The molecule has 1 saturated heterocycles. The maximum Gasteiger partial charge on any atom is 0.323 e. The number of anilines is 1. The number of carbonyl (C=O) groups is 3. The normalized spacial score (nSPS) is 25.6. The van der Waals surface area contributed by atoms with Crippen LogP contribution in [0.2, 0.25) is 0 Å². The lowest BCUT2D eigenvalue weighted by Crippen LogP contribution is -2.49. The standard InChI is InChI=1S/C10H6FN3O3/c11-4-1-2-5-6(3-4)12-7(15)10(5)8(16)13-9(17)14-10/h1-3H,(H,12,15)(H2,13,14,16,17). The molecule has 1 atom stereocenters. The summed E-state index contributed by atoms with van der Waals surface area (Å²) < 4.78 is 13.0. The van der Waals surface area contributed by atoms with Gasteiger partial charge >= 0.3 is 6.03 Å². The second-order valence-corrected chi connectivity index (χ2v) is 3.80. The molecule has 0 aliphatic carbocycles. The van der Waals surface area contributed by atoms with Crippen LogP contribution in [-0.4, -0.2) is 17.8 Å². The number of hydrogen-bond donors (Lipinski definition) is 3. The van der Waals surface area contributed by atoms with Crippen molar-refractivity contribution in [3.8, 4) is 0 Å². The molecule has 0 bridgehead atoms. The molecule has 6 nitrogen and oxygen atoms in total. The highest BCUT2D eigenvalue weighted by Crippen LogP contribution is 2.38. The van der Waals surface area contributed by atoms with E-state index in [0.717, 1.165) is 12.1 Å². The number of carbonyl (C=O) groups excluding carboxylic acids is 3. The van der Waals surface area contributed by atoms with E-state index in [0.29, 0.717) is 0 Å². The van der Waals surface area contributed by atoms with Gasteiger partial charge in [0.1, 0.15) is 5.82 Å². The first-order valence-corrected chi connectivity index (χ1v) is 4.79. The molecule has 1 unspecified atom stereocenters. The third-order valence-corrected chi connectivity index (χ3v) is 2.84. The van der Waals surface area contributed by atoms with Crippen LogP contribution in [0, 0.1) is 5.82 Å². The summed E-state index contributed by atoms with van der Waals surface area (Å²) in [5.41, 5.74) is -1.33. The van der Waals surface area contributed by atoms with Crippen molar-refractivity contribution in [3.63, 3.8) is 0 Å². The zero-order chi connectivity index (χ0) is 12.2. The van der Waals surface area contributed by atoms with E-state index >= 15 is 0 Å². The summed E-state index contributed by atoms with van der Waals surface area (Å²) >= 11 is 0. The molecule has 1 aromatic carbocycles. The Morgan fingerprint density at radius 3 is 2.41 bits per heavy atom. The number of nitrogens with one attached hydrogen (secondary N) is 3. The van der Waals surface area contributed by atoms with E-state index in [1.165, 1.54) is 6.07 Å². The van der Waals surface area contributed by atoms with Gasteiger partial charge in [0.2, 0.25) is 5.54 Å². The van der Waals surface area contributed by atoms with Gasteiger partial charge in [-0.05, 0) is 12.1 Å². The molecule has 0 saturated carbocycles. The number of halogens is 1. The minimum Gasteiger partial charge on any atom is -0.323 e. The summed E-state index contributed by atoms with van der Waals surface area (Å²) in [6, 6.07) is 2.77. The number of urea groups is 1. The number of fused-ring (bicyclic) bond motifs is 2. The van der Waals surface area contributed by atoms with Gasteiger partial charge in [-0.1, -0.05) is 6.07 Å². The fourth-order valence-corrected chi connectivity index (χ4v) is 2.09. The molecule has 4 amide bonds. The molecular formula is C10H6FN3O3.